The van der Waals surface area contributed by atoms with Crippen LogP contribution < -0.4 is 14.4 Å². The van der Waals surface area contributed by atoms with Gasteiger partial charge in [0.1, 0.15) is 30.7 Å². The highest BCUT2D eigenvalue weighted by atomic mass is 19.1. The Balaban J connectivity index is 1.24. The molecule has 0 radical (unpaired) electrons. The van der Waals surface area contributed by atoms with Crippen LogP contribution in [0, 0.1) is 0 Å². The molecule has 0 bridgehead atoms. The zero-order chi connectivity index (χ0) is 33.8. The summed E-state index contributed by atoms with van der Waals surface area (Å²) in [5, 5.41) is 5.80. The van der Waals surface area contributed by atoms with E-state index in [1.54, 1.807) is 0 Å². The summed E-state index contributed by atoms with van der Waals surface area (Å²) in [7, 11) is 3.79. The van der Waals surface area contributed by atoms with E-state index in [0.29, 0.717) is 37.9 Å². The number of nitrogens with zero attached hydrogens (tertiary/aromatic N) is 5. The molecule has 1 aliphatic heterocycles. The minimum absolute atomic E-state index is 0.00810. The van der Waals surface area contributed by atoms with Gasteiger partial charge in [-0.15, -0.1) is 0 Å². The van der Waals surface area contributed by atoms with Gasteiger partial charge in [-0.25, -0.2) is 9.18 Å². The summed E-state index contributed by atoms with van der Waals surface area (Å²) in [5.74, 6) is 0.871. The van der Waals surface area contributed by atoms with Crippen molar-refractivity contribution in [3.8, 4) is 23.0 Å². The number of rotatable bonds is 9. The van der Waals surface area contributed by atoms with Gasteiger partial charge < -0.3 is 24.0 Å². The van der Waals surface area contributed by atoms with Gasteiger partial charge in [-0.1, -0.05) is 60.7 Å². The fourth-order valence-corrected chi connectivity index (χ4v) is 5.93. The van der Waals surface area contributed by atoms with Crippen LogP contribution in [0.1, 0.15) is 38.3 Å². The smallest absolute Gasteiger partial charge is 0.410 e. The number of aryl methyl sites for hydroxylation is 1. The highest BCUT2D eigenvalue weighted by Crippen LogP contribution is 2.37. The lowest BCUT2D eigenvalue weighted by molar-refractivity contribution is 0.0113. The maximum absolute atomic E-state index is 15.5. The Morgan fingerprint density at radius 3 is 2.25 bits per heavy atom. The van der Waals surface area contributed by atoms with Crippen LogP contribution in [-0.4, -0.2) is 63.7 Å². The van der Waals surface area contributed by atoms with Crippen LogP contribution in [0.2, 0.25) is 0 Å². The molecule has 3 heterocycles. The van der Waals surface area contributed by atoms with Crippen molar-refractivity contribution >= 4 is 22.7 Å². The zero-order valence-electron chi connectivity index (χ0n) is 28.1. The third-order valence-electron chi connectivity index (χ3n) is 8.44. The number of carbonyl (C=O) groups is 1. The van der Waals surface area contributed by atoms with Gasteiger partial charge in [0.25, 0.3) is 0 Å². The number of amides is 1. The highest BCUT2D eigenvalue weighted by molar-refractivity contribution is 5.96. The second kappa shape index (κ2) is 13.9. The normalized spacial score (nSPS) is 16.5. The fraction of sp³-hybridized carbons (Fsp3) is 0.342. The number of anilines is 1. The molecule has 10 heteroatoms. The summed E-state index contributed by atoms with van der Waals surface area (Å²) >= 11 is 0. The third kappa shape index (κ3) is 7.54. The topological polar surface area (TPSA) is 82.0 Å². The van der Waals surface area contributed by atoms with E-state index in [9.17, 15) is 4.79 Å². The Morgan fingerprint density at radius 1 is 0.938 bits per heavy atom. The minimum atomic E-state index is -1.23. The van der Waals surface area contributed by atoms with Gasteiger partial charge >= 0.3 is 6.09 Å². The van der Waals surface area contributed by atoms with Crippen molar-refractivity contribution in [1.82, 2.24) is 19.7 Å². The fourth-order valence-electron chi connectivity index (χ4n) is 5.93. The average molecular weight is 652 g/mol. The summed E-state index contributed by atoms with van der Waals surface area (Å²) in [5.41, 5.74) is 4.63. The Hall–Kier alpha value is -5.12. The average Bonchev–Trinajstić information content (AvgIpc) is 3.41. The lowest BCUT2D eigenvalue weighted by Gasteiger charge is -2.40. The van der Waals surface area contributed by atoms with Crippen molar-refractivity contribution < 1.29 is 23.4 Å². The van der Waals surface area contributed by atoms with E-state index < -0.39 is 17.9 Å². The van der Waals surface area contributed by atoms with Crippen molar-refractivity contribution in [2.75, 3.05) is 25.0 Å². The first-order valence-corrected chi connectivity index (χ1v) is 16.2. The van der Waals surface area contributed by atoms with Crippen molar-refractivity contribution in [3.63, 3.8) is 0 Å². The molecule has 0 saturated carbocycles. The predicted molar refractivity (Wildman–Crippen MR) is 185 cm³/mol. The van der Waals surface area contributed by atoms with E-state index in [0.717, 1.165) is 39.0 Å². The highest BCUT2D eigenvalue weighted by Gasteiger charge is 2.36. The third-order valence-corrected chi connectivity index (χ3v) is 8.44. The standard InChI is InChI=1S/C38H42FN5O4/c1-38(2,3)48-37(45)44-21-20-32(31(39)23-44)42(4)28-16-17-29-33(22-28)43(5)41-35(29)30-18-19-34(46-24-26-12-8-6-9-13-26)40-36(30)47-25-27-14-10-7-11-15-27/h6-19,22,31-32H,20-21,23-25H2,1-5H3/t31-,32-/m1/s1. The number of piperidine rings is 1. The molecule has 1 fully saturated rings. The second-order valence-electron chi connectivity index (χ2n) is 13.1. The molecular formula is C38H42FN5O4. The molecular weight excluding hydrogens is 609 g/mol. The molecule has 250 valence electrons. The van der Waals surface area contributed by atoms with Crippen LogP contribution in [0.3, 0.4) is 0 Å². The zero-order valence-corrected chi connectivity index (χ0v) is 28.1. The van der Waals surface area contributed by atoms with E-state index in [1.807, 2.05) is 135 Å². The van der Waals surface area contributed by atoms with Gasteiger partial charge in [0, 0.05) is 37.8 Å². The molecule has 2 aromatic heterocycles. The van der Waals surface area contributed by atoms with Crippen LogP contribution in [0.15, 0.2) is 91.0 Å². The minimum Gasteiger partial charge on any atom is -0.473 e. The number of carbonyl (C=O) groups excluding carboxylic acids is 1. The van der Waals surface area contributed by atoms with Crippen LogP contribution in [0.5, 0.6) is 11.8 Å². The number of aromatic nitrogens is 3. The summed E-state index contributed by atoms with van der Waals surface area (Å²) in [6, 6.07) is 29.3. The van der Waals surface area contributed by atoms with E-state index in [-0.39, 0.29) is 12.6 Å². The first-order valence-electron chi connectivity index (χ1n) is 16.2. The Labute approximate surface area is 280 Å². The number of ether oxygens (including phenoxy) is 3. The lowest BCUT2D eigenvalue weighted by Crippen LogP contribution is -2.53. The molecule has 0 unspecified atom stereocenters. The van der Waals surface area contributed by atoms with E-state index in [4.69, 9.17) is 24.3 Å². The maximum Gasteiger partial charge on any atom is 0.410 e. The van der Waals surface area contributed by atoms with Gasteiger partial charge in [-0.3, -0.25) is 4.68 Å². The molecule has 48 heavy (non-hydrogen) atoms. The number of hydrogen-bond donors (Lipinski definition) is 0. The van der Waals surface area contributed by atoms with Gasteiger partial charge in [0.05, 0.1) is 23.7 Å². The van der Waals surface area contributed by atoms with Crippen molar-refractivity contribution in [1.29, 1.82) is 0 Å². The second-order valence-corrected chi connectivity index (χ2v) is 13.1. The monoisotopic (exact) mass is 651 g/mol. The quantitative estimate of drug-likeness (QED) is 0.163. The molecule has 3 aromatic carbocycles. The lowest BCUT2D eigenvalue weighted by atomic mass is 10.0. The number of hydrogen-bond acceptors (Lipinski definition) is 7. The Kier molecular flexibility index (Phi) is 9.52. The predicted octanol–water partition coefficient (Wildman–Crippen LogP) is 7.58. The molecule has 0 aliphatic carbocycles. The summed E-state index contributed by atoms with van der Waals surface area (Å²) in [4.78, 5) is 20.7. The van der Waals surface area contributed by atoms with Crippen molar-refractivity contribution in [2.45, 2.75) is 58.2 Å². The number of pyridine rings is 1. The Morgan fingerprint density at radius 2 is 1.60 bits per heavy atom. The van der Waals surface area contributed by atoms with Gasteiger partial charge in [0.2, 0.25) is 11.8 Å². The first kappa shape index (κ1) is 32.8. The van der Waals surface area contributed by atoms with Crippen LogP contribution in [0.25, 0.3) is 22.2 Å². The molecule has 0 spiro atoms. The van der Waals surface area contributed by atoms with Crippen molar-refractivity contribution in [2.24, 2.45) is 7.05 Å². The van der Waals surface area contributed by atoms with Crippen LogP contribution >= 0.6 is 0 Å². The number of benzene rings is 3. The molecule has 5 aromatic rings. The number of likely N-dealkylation sites (tertiary alicyclic amines) is 1. The SMILES string of the molecule is CN(c1ccc2c(-c3ccc(OCc4ccccc4)nc3OCc3ccccc3)nn(C)c2c1)[C@@H]1CCN(C(=O)OC(C)(C)C)C[C@H]1F. The van der Waals surface area contributed by atoms with Crippen LogP contribution in [-0.2, 0) is 25.0 Å². The number of halogens is 1. The van der Waals surface area contributed by atoms with Gasteiger partial charge in [-0.05, 0) is 62.6 Å². The van der Waals surface area contributed by atoms with E-state index in [2.05, 4.69) is 0 Å². The molecule has 2 atom stereocenters. The largest absolute Gasteiger partial charge is 0.473 e. The summed E-state index contributed by atoms with van der Waals surface area (Å²) in [6.45, 7) is 6.56. The molecule has 9 nitrogen and oxygen atoms in total. The van der Waals surface area contributed by atoms with E-state index >= 15 is 4.39 Å². The molecule has 0 N–H and O–H groups in total. The van der Waals surface area contributed by atoms with Crippen molar-refractivity contribution in [3.05, 3.63) is 102 Å². The number of fused-ring (bicyclic) bond motifs is 1. The van der Waals surface area contributed by atoms with E-state index in [1.165, 1.54) is 4.90 Å². The van der Waals surface area contributed by atoms with Gasteiger partial charge in [-0.2, -0.15) is 10.1 Å². The molecule has 1 amide bonds. The van der Waals surface area contributed by atoms with Gasteiger partial charge in [0.15, 0.2) is 0 Å². The molecule has 1 aliphatic rings. The van der Waals surface area contributed by atoms with Crippen LogP contribution in [0.4, 0.5) is 14.9 Å². The Bertz CT molecular complexity index is 1860. The maximum atomic E-state index is 15.5. The first-order chi connectivity index (χ1) is 23.1. The summed E-state index contributed by atoms with van der Waals surface area (Å²) in [6.07, 6.45) is -1.22. The number of alkyl halides is 1. The molecule has 1 saturated heterocycles. The summed E-state index contributed by atoms with van der Waals surface area (Å²) < 4.78 is 35.2. The molecule has 6 rings (SSSR count).